The lowest BCUT2D eigenvalue weighted by atomic mass is 11.8. The molecule has 8 heavy (non-hydrogen) atoms. The lowest BCUT2D eigenvalue weighted by molar-refractivity contribution is 0.284. The molecule has 0 heterocycles. The molecule has 0 saturated heterocycles. The van der Waals surface area contributed by atoms with Gasteiger partial charge in [0.1, 0.15) is 0 Å². The van der Waals surface area contributed by atoms with Gasteiger partial charge < -0.3 is 8.85 Å². The fourth-order valence-electron chi connectivity index (χ4n) is 0.368. The molecule has 0 radical (unpaired) electrons. The fraction of sp³-hybridized carbons (Fsp3) is 1.00. The molecular weight excluding hydrogens is 140 g/mol. The minimum atomic E-state index is -1.23. The van der Waals surface area contributed by atoms with E-state index in [1.807, 2.05) is 0 Å². The molecule has 2 nitrogen and oxygen atoms in total. The molecule has 0 N–H and O–H groups in total. The zero-order valence-electron chi connectivity index (χ0n) is 5.51. The van der Waals surface area contributed by atoms with E-state index in [-0.39, 0.29) is 0 Å². The van der Waals surface area contributed by atoms with E-state index in [0.717, 1.165) is 5.38 Å². The lowest BCUT2D eigenvalue weighted by Gasteiger charge is -2.07. The Balaban J connectivity index is 3.07. The second-order valence-electron chi connectivity index (χ2n) is 1.36. The van der Waals surface area contributed by atoms with Crippen molar-refractivity contribution in [3.63, 3.8) is 0 Å². The molecule has 0 fully saturated rings. The normalized spacial score (nSPS) is 10.5. The maximum Gasteiger partial charge on any atom is 0.331 e. The van der Waals surface area contributed by atoms with Crippen LogP contribution in [-0.4, -0.2) is 35.1 Å². The molecule has 0 aromatic heterocycles. The van der Waals surface area contributed by atoms with Crippen LogP contribution < -0.4 is 0 Å². The van der Waals surface area contributed by atoms with E-state index < -0.39 is 9.28 Å². The number of hydrogen-bond acceptors (Lipinski definition) is 3. The first-order chi connectivity index (χ1) is 3.85. The molecule has 0 amide bonds. The van der Waals surface area contributed by atoms with Crippen molar-refractivity contribution in [2.45, 2.75) is 0 Å². The van der Waals surface area contributed by atoms with Crippen LogP contribution in [0, 0.1) is 0 Å². The average Bonchev–Trinajstić information content (AvgIpc) is 1.83. The molecule has 0 bridgehead atoms. The van der Waals surface area contributed by atoms with E-state index in [4.69, 9.17) is 8.85 Å². The smallest absolute Gasteiger partial charge is 0.331 e. The highest BCUT2D eigenvalue weighted by Crippen LogP contribution is 1.95. The fourth-order valence-corrected chi connectivity index (χ4v) is 2.74. The molecule has 0 aliphatic heterocycles. The van der Waals surface area contributed by atoms with Crippen molar-refractivity contribution >= 4 is 21.0 Å². The van der Waals surface area contributed by atoms with E-state index in [2.05, 4.69) is 6.26 Å². The molecule has 4 heteroatoms. The van der Waals surface area contributed by atoms with Crippen molar-refractivity contribution in [2.24, 2.45) is 0 Å². The van der Waals surface area contributed by atoms with Crippen molar-refractivity contribution < 1.29 is 8.85 Å². The summed E-state index contributed by atoms with van der Waals surface area (Å²) in [5.74, 6) is 0. The van der Waals surface area contributed by atoms with Crippen LogP contribution in [0.15, 0.2) is 0 Å². The van der Waals surface area contributed by atoms with Gasteiger partial charge in [-0.05, 0) is 6.26 Å². The van der Waals surface area contributed by atoms with E-state index >= 15 is 0 Å². The zero-order chi connectivity index (χ0) is 6.41. The Bertz CT molecular complexity index is 49.3. The second-order valence-corrected chi connectivity index (χ2v) is 5.07. The van der Waals surface area contributed by atoms with Crippen molar-refractivity contribution in [1.29, 1.82) is 0 Å². The van der Waals surface area contributed by atoms with Gasteiger partial charge in [0.05, 0.1) is 0 Å². The summed E-state index contributed by atoms with van der Waals surface area (Å²) in [5.41, 5.74) is 0. The number of thioether (sulfide) groups is 1. The summed E-state index contributed by atoms with van der Waals surface area (Å²) in [6, 6.07) is 0. The van der Waals surface area contributed by atoms with Crippen LogP contribution in [0.1, 0.15) is 0 Å². The van der Waals surface area contributed by atoms with Crippen LogP contribution in [0.2, 0.25) is 0 Å². The van der Waals surface area contributed by atoms with Gasteiger partial charge in [0.2, 0.25) is 0 Å². The number of rotatable bonds is 4. The molecule has 0 aromatic rings. The van der Waals surface area contributed by atoms with Crippen LogP contribution >= 0.6 is 11.8 Å². The van der Waals surface area contributed by atoms with Gasteiger partial charge in [0.25, 0.3) is 0 Å². The predicted octanol–water partition coefficient (Wildman–Crippen LogP) is 0.402. The Kier molecular flexibility index (Phi) is 5.96. The minimum Gasteiger partial charge on any atom is -0.399 e. The highest BCUT2D eigenvalue weighted by atomic mass is 32.2. The molecular formula is C4H12O2SSi. The van der Waals surface area contributed by atoms with Crippen molar-refractivity contribution in [3.05, 3.63) is 0 Å². The summed E-state index contributed by atoms with van der Waals surface area (Å²) < 4.78 is 10.1. The van der Waals surface area contributed by atoms with Crippen LogP contribution in [0.3, 0.4) is 0 Å². The molecule has 50 valence electrons. The summed E-state index contributed by atoms with van der Waals surface area (Å²) in [6.07, 6.45) is 2.05. The highest BCUT2D eigenvalue weighted by molar-refractivity contribution is 7.99. The van der Waals surface area contributed by atoms with Gasteiger partial charge in [-0.3, -0.25) is 0 Å². The Morgan fingerprint density at radius 1 is 1.38 bits per heavy atom. The van der Waals surface area contributed by atoms with Crippen LogP contribution in [0.5, 0.6) is 0 Å². The summed E-state index contributed by atoms with van der Waals surface area (Å²) in [4.78, 5) is 0. The summed E-state index contributed by atoms with van der Waals surface area (Å²) in [7, 11) is 2.18. The van der Waals surface area contributed by atoms with E-state index in [9.17, 15) is 0 Å². The first-order valence-corrected chi connectivity index (χ1v) is 5.55. The highest BCUT2D eigenvalue weighted by Gasteiger charge is 2.05. The van der Waals surface area contributed by atoms with Crippen LogP contribution in [0.25, 0.3) is 0 Å². The summed E-state index contributed by atoms with van der Waals surface area (Å²) in [5, 5.41) is 1.03. The molecule has 0 aliphatic carbocycles. The first kappa shape index (κ1) is 8.49. The molecule has 0 spiro atoms. The van der Waals surface area contributed by atoms with E-state index in [1.54, 1.807) is 26.0 Å². The standard InChI is InChI=1S/C4H12O2SSi/c1-5-8(6-2)4-7-3/h8H,4H2,1-3H3. The topological polar surface area (TPSA) is 18.5 Å². The Hall–Kier alpha value is 0.487. The van der Waals surface area contributed by atoms with Crippen LogP contribution in [-0.2, 0) is 8.85 Å². The van der Waals surface area contributed by atoms with Crippen molar-refractivity contribution in [1.82, 2.24) is 0 Å². The summed E-state index contributed by atoms with van der Waals surface area (Å²) in [6.45, 7) is 0. The third kappa shape index (κ3) is 3.48. The lowest BCUT2D eigenvalue weighted by Crippen LogP contribution is -2.22. The Morgan fingerprint density at radius 3 is 2.00 bits per heavy atom. The van der Waals surface area contributed by atoms with E-state index in [0.29, 0.717) is 0 Å². The maximum atomic E-state index is 5.04. The third-order valence-electron chi connectivity index (χ3n) is 0.829. The van der Waals surface area contributed by atoms with Gasteiger partial charge in [-0.2, -0.15) is 11.8 Å². The monoisotopic (exact) mass is 152 g/mol. The molecule has 0 rings (SSSR count). The van der Waals surface area contributed by atoms with Gasteiger partial charge in [-0.25, -0.2) is 0 Å². The van der Waals surface area contributed by atoms with Crippen LogP contribution in [0.4, 0.5) is 0 Å². The van der Waals surface area contributed by atoms with E-state index in [1.165, 1.54) is 0 Å². The molecule has 0 unspecified atom stereocenters. The maximum absolute atomic E-state index is 5.04. The Labute approximate surface area is 56.4 Å². The third-order valence-corrected chi connectivity index (χ3v) is 4.30. The molecule has 0 atom stereocenters. The quantitative estimate of drug-likeness (QED) is 0.543. The number of hydrogen-bond donors (Lipinski definition) is 0. The predicted molar refractivity (Wildman–Crippen MR) is 39.5 cm³/mol. The molecule has 0 aliphatic rings. The van der Waals surface area contributed by atoms with Gasteiger partial charge in [0.15, 0.2) is 0 Å². The van der Waals surface area contributed by atoms with Gasteiger partial charge >= 0.3 is 9.28 Å². The zero-order valence-corrected chi connectivity index (χ0v) is 7.48. The second kappa shape index (κ2) is 5.62. The van der Waals surface area contributed by atoms with Crippen molar-refractivity contribution in [2.75, 3.05) is 25.9 Å². The summed E-state index contributed by atoms with van der Waals surface area (Å²) >= 11 is 1.77. The van der Waals surface area contributed by atoms with Gasteiger partial charge in [-0.1, -0.05) is 0 Å². The first-order valence-electron chi connectivity index (χ1n) is 2.39. The Morgan fingerprint density at radius 2 is 1.88 bits per heavy atom. The minimum absolute atomic E-state index is 1.03. The molecule has 0 saturated carbocycles. The average molecular weight is 152 g/mol. The SMILES string of the molecule is CO[SiH](CSC)OC. The largest absolute Gasteiger partial charge is 0.399 e. The van der Waals surface area contributed by atoms with Gasteiger partial charge in [0, 0.05) is 19.6 Å². The van der Waals surface area contributed by atoms with Gasteiger partial charge in [-0.15, -0.1) is 0 Å². The molecule has 0 aromatic carbocycles. The van der Waals surface area contributed by atoms with Crippen molar-refractivity contribution in [3.8, 4) is 0 Å².